The van der Waals surface area contributed by atoms with Crippen LogP contribution < -0.4 is 4.72 Å². The zero-order chi connectivity index (χ0) is 15.6. The fourth-order valence-electron chi connectivity index (χ4n) is 1.63. The van der Waals surface area contributed by atoms with Gasteiger partial charge in [-0.25, -0.2) is 12.8 Å². The van der Waals surface area contributed by atoms with Gasteiger partial charge in [-0.2, -0.15) is 0 Å². The van der Waals surface area contributed by atoms with Gasteiger partial charge in [-0.1, -0.05) is 33.6 Å². The molecular formula is C13H10BrClFNO3S. The maximum absolute atomic E-state index is 13.6. The van der Waals surface area contributed by atoms with Crippen LogP contribution in [0.15, 0.2) is 45.8 Å². The number of nitrogens with one attached hydrogen (secondary N) is 1. The van der Waals surface area contributed by atoms with Crippen molar-refractivity contribution in [2.24, 2.45) is 0 Å². The SMILES string of the molecule is O=S(=O)(Nc1cc(Br)ccc1F)c1cc(CO)ccc1Cl. The van der Waals surface area contributed by atoms with Crippen molar-refractivity contribution >= 4 is 43.2 Å². The van der Waals surface area contributed by atoms with Crippen LogP contribution in [0.5, 0.6) is 0 Å². The summed E-state index contributed by atoms with van der Waals surface area (Å²) >= 11 is 9.01. The lowest BCUT2D eigenvalue weighted by molar-refractivity contribution is 0.281. The molecule has 0 spiro atoms. The van der Waals surface area contributed by atoms with Gasteiger partial charge in [0.15, 0.2) is 0 Å². The summed E-state index contributed by atoms with van der Waals surface area (Å²) in [6.07, 6.45) is 0. The van der Waals surface area contributed by atoms with Crippen LogP contribution in [0, 0.1) is 5.82 Å². The van der Waals surface area contributed by atoms with E-state index in [0.29, 0.717) is 10.0 Å². The lowest BCUT2D eigenvalue weighted by Crippen LogP contribution is -2.15. The molecular weight excluding hydrogens is 385 g/mol. The minimum Gasteiger partial charge on any atom is -0.392 e. The molecule has 21 heavy (non-hydrogen) atoms. The molecule has 0 saturated heterocycles. The molecule has 0 aromatic heterocycles. The molecule has 0 aliphatic carbocycles. The zero-order valence-corrected chi connectivity index (χ0v) is 13.6. The first-order valence-electron chi connectivity index (χ1n) is 5.70. The van der Waals surface area contributed by atoms with Crippen LogP contribution in [0.2, 0.25) is 5.02 Å². The minimum atomic E-state index is -4.07. The summed E-state index contributed by atoms with van der Waals surface area (Å²) < 4.78 is 40.9. The summed E-state index contributed by atoms with van der Waals surface area (Å²) in [6.45, 7) is -0.328. The van der Waals surface area contributed by atoms with E-state index in [1.165, 1.54) is 30.3 Å². The summed E-state index contributed by atoms with van der Waals surface area (Å²) in [4.78, 5) is -0.227. The molecule has 4 nitrogen and oxygen atoms in total. The number of halogens is 3. The van der Waals surface area contributed by atoms with Crippen LogP contribution in [0.4, 0.5) is 10.1 Å². The summed E-state index contributed by atoms with van der Waals surface area (Å²) in [6, 6.07) is 7.98. The highest BCUT2D eigenvalue weighted by molar-refractivity contribution is 9.10. The molecule has 0 unspecified atom stereocenters. The van der Waals surface area contributed by atoms with E-state index in [1.54, 1.807) is 0 Å². The Balaban J connectivity index is 2.45. The van der Waals surface area contributed by atoms with Gasteiger partial charge < -0.3 is 5.11 Å². The van der Waals surface area contributed by atoms with E-state index in [9.17, 15) is 12.8 Å². The number of sulfonamides is 1. The van der Waals surface area contributed by atoms with E-state index >= 15 is 0 Å². The third kappa shape index (κ3) is 3.74. The largest absolute Gasteiger partial charge is 0.392 e. The number of hydrogen-bond acceptors (Lipinski definition) is 3. The Bertz CT molecular complexity index is 783. The average molecular weight is 395 g/mol. The van der Waals surface area contributed by atoms with Crippen molar-refractivity contribution in [2.75, 3.05) is 4.72 Å². The standard InChI is InChI=1S/C13H10BrClFNO3S/c14-9-2-4-11(16)12(6-9)17-21(19,20)13-5-8(7-18)1-3-10(13)15/h1-6,17-18H,7H2. The van der Waals surface area contributed by atoms with Gasteiger partial charge in [0.05, 0.1) is 17.3 Å². The monoisotopic (exact) mass is 393 g/mol. The maximum atomic E-state index is 13.6. The number of hydrogen-bond donors (Lipinski definition) is 2. The Hall–Kier alpha value is -1.15. The highest BCUT2D eigenvalue weighted by atomic mass is 79.9. The maximum Gasteiger partial charge on any atom is 0.263 e. The van der Waals surface area contributed by atoms with Gasteiger partial charge >= 0.3 is 0 Å². The number of anilines is 1. The van der Waals surface area contributed by atoms with Gasteiger partial charge in [0.25, 0.3) is 10.0 Å². The summed E-state index contributed by atoms with van der Waals surface area (Å²) in [5.74, 6) is -0.712. The molecule has 2 aromatic carbocycles. The van der Waals surface area contributed by atoms with Crippen molar-refractivity contribution in [3.63, 3.8) is 0 Å². The zero-order valence-electron chi connectivity index (χ0n) is 10.5. The molecule has 2 aromatic rings. The molecule has 0 fully saturated rings. The first-order valence-corrected chi connectivity index (χ1v) is 8.36. The van der Waals surface area contributed by atoms with E-state index in [2.05, 4.69) is 20.7 Å². The molecule has 0 aliphatic heterocycles. The first-order chi connectivity index (χ1) is 9.83. The van der Waals surface area contributed by atoms with Crippen LogP contribution in [-0.4, -0.2) is 13.5 Å². The topological polar surface area (TPSA) is 66.4 Å². The first kappa shape index (κ1) is 16.2. The number of benzene rings is 2. The molecule has 0 radical (unpaired) electrons. The third-order valence-electron chi connectivity index (χ3n) is 2.64. The Morgan fingerprint density at radius 2 is 1.95 bits per heavy atom. The van der Waals surface area contributed by atoms with Gasteiger partial charge in [0.1, 0.15) is 10.7 Å². The molecule has 0 atom stereocenters. The van der Waals surface area contributed by atoms with Crippen LogP contribution in [0.25, 0.3) is 0 Å². The summed E-state index contributed by atoms with van der Waals surface area (Å²) in [5.41, 5.74) is 0.185. The second-order valence-electron chi connectivity index (χ2n) is 4.15. The van der Waals surface area contributed by atoms with Gasteiger partial charge in [-0.05, 0) is 35.9 Å². The van der Waals surface area contributed by atoms with Crippen LogP contribution >= 0.6 is 27.5 Å². The quantitative estimate of drug-likeness (QED) is 0.833. The number of aliphatic hydroxyl groups is 1. The van der Waals surface area contributed by atoms with Gasteiger partial charge in [-0.15, -0.1) is 0 Å². The molecule has 2 rings (SSSR count). The lowest BCUT2D eigenvalue weighted by Gasteiger charge is -2.11. The second kappa shape index (κ2) is 6.31. The molecule has 0 amide bonds. The van der Waals surface area contributed by atoms with Crippen LogP contribution in [0.1, 0.15) is 5.56 Å². The van der Waals surface area contributed by atoms with Crippen LogP contribution in [0.3, 0.4) is 0 Å². The van der Waals surface area contributed by atoms with E-state index in [4.69, 9.17) is 16.7 Å². The smallest absolute Gasteiger partial charge is 0.263 e. The lowest BCUT2D eigenvalue weighted by atomic mass is 10.2. The Kier molecular flexibility index (Phi) is 4.88. The summed E-state index contributed by atoms with van der Waals surface area (Å²) in [5, 5.41) is 9.05. The number of rotatable bonds is 4. The van der Waals surface area contributed by atoms with E-state index in [-0.39, 0.29) is 22.2 Å². The van der Waals surface area contributed by atoms with Crippen molar-refractivity contribution in [3.8, 4) is 0 Å². The predicted molar refractivity (Wildman–Crippen MR) is 82.3 cm³/mol. The Labute approximate surface area is 134 Å². The van der Waals surface area contributed by atoms with E-state index in [1.807, 2.05) is 0 Å². The van der Waals surface area contributed by atoms with Crippen molar-refractivity contribution in [2.45, 2.75) is 11.5 Å². The Morgan fingerprint density at radius 1 is 1.24 bits per heavy atom. The van der Waals surface area contributed by atoms with Crippen molar-refractivity contribution in [1.29, 1.82) is 0 Å². The second-order valence-corrected chi connectivity index (χ2v) is 7.13. The van der Waals surface area contributed by atoms with Crippen LogP contribution in [-0.2, 0) is 16.6 Å². The molecule has 8 heteroatoms. The molecule has 0 aliphatic rings. The highest BCUT2D eigenvalue weighted by Gasteiger charge is 2.20. The fraction of sp³-hybridized carbons (Fsp3) is 0.0769. The van der Waals surface area contributed by atoms with E-state index in [0.717, 1.165) is 6.07 Å². The van der Waals surface area contributed by atoms with Crippen molar-refractivity contribution in [1.82, 2.24) is 0 Å². The summed E-state index contributed by atoms with van der Waals surface area (Å²) in [7, 11) is -4.07. The highest BCUT2D eigenvalue weighted by Crippen LogP contribution is 2.27. The fourth-order valence-corrected chi connectivity index (χ4v) is 3.60. The van der Waals surface area contributed by atoms with Gasteiger partial charge in [0, 0.05) is 4.47 Å². The third-order valence-corrected chi connectivity index (χ3v) is 4.98. The average Bonchev–Trinajstić information content (AvgIpc) is 2.43. The number of aliphatic hydroxyl groups excluding tert-OH is 1. The Morgan fingerprint density at radius 3 is 2.62 bits per heavy atom. The molecule has 0 bridgehead atoms. The van der Waals surface area contributed by atoms with E-state index < -0.39 is 15.8 Å². The van der Waals surface area contributed by atoms with Crippen molar-refractivity contribution < 1.29 is 17.9 Å². The van der Waals surface area contributed by atoms with Gasteiger partial charge in [0.2, 0.25) is 0 Å². The molecule has 112 valence electrons. The molecule has 0 saturated carbocycles. The van der Waals surface area contributed by atoms with Gasteiger partial charge in [-0.3, -0.25) is 4.72 Å². The molecule has 2 N–H and O–H groups in total. The predicted octanol–water partition coefficient (Wildman–Crippen LogP) is 3.53. The molecule has 0 heterocycles. The van der Waals surface area contributed by atoms with Crippen molar-refractivity contribution in [3.05, 3.63) is 57.3 Å². The normalized spacial score (nSPS) is 11.4. The minimum absolute atomic E-state index is 0.0184.